The largest absolute Gasteiger partial charge is 0.464 e. The zero-order chi connectivity index (χ0) is 24.4. The number of aliphatic hydroxyl groups excluding tert-OH is 1. The first-order valence-corrected chi connectivity index (χ1v) is 13.2. The normalized spacial score (nSPS) is 13.2. The third kappa shape index (κ3) is 10.3. The SMILES string of the molecule is CN(C)Cc1ccc(CSCCNC(=NCC(O)c2ccc(C(N)=O)cc2)NS(C)(=O)=O)o1. The summed E-state index contributed by atoms with van der Waals surface area (Å²) >= 11 is 1.63. The number of sulfonamides is 1. The van der Waals surface area contributed by atoms with Crippen LogP contribution in [-0.4, -0.2) is 69.5 Å². The minimum Gasteiger partial charge on any atom is -0.464 e. The molecule has 0 radical (unpaired) electrons. The second-order valence-electron chi connectivity index (χ2n) is 7.65. The number of hydrogen-bond acceptors (Lipinski definition) is 8. The minimum atomic E-state index is -3.55. The Morgan fingerprint density at radius 1 is 1.21 bits per heavy atom. The van der Waals surface area contributed by atoms with Gasteiger partial charge in [0.2, 0.25) is 21.9 Å². The molecule has 1 aromatic heterocycles. The topological polar surface area (TPSA) is 150 Å². The molecule has 0 fully saturated rings. The molecule has 12 heteroatoms. The van der Waals surface area contributed by atoms with Gasteiger partial charge in [0.1, 0.15) is 11.5 Å². The number of thioether (sulfide) groups is 1. The van der Waals surface area contributed by atoms with E-state index in [9.17, 15) is 18.3 Å². The van der Waals surface area contributed by atoms with Crippen molar-refractivity contribution < 1.29 is 22.7 Å². The molecule has 0 aliphatic heterocycles. The zero-order valence-corrected chi connectivity index (χ0v) is 20.6. The Bertz CT molecular complexity index is 1040. The molecule has 1 heterocycles. The van der Waals surface area contributed by atoms with Gasteiger partial charge in [0, 0.05) is 17.9 Å². The van der Waals surface area contributed by atoms with E-state index in [0.29, 0.717) is 29.2 Å². The number of amides is 1. The average Bonchev–Trinajstić information content (AvgIpc) is 3.16. The van der Waals surface area contributed by atoms with Gasteiger partial charge in [-0.3, -0.25) is 9.52 Å². The summed E-state index contributed by atoms with van der Waals surface area (Å²) in [6.07, 6.45) is 0.0509. The van der Waals surface area contributed by atoms with Gasteiger partial charge < -0.3 is 25.5 Å². The fourth-order valence-corrected chi connectivity index (χ4v) is 4.00. The Balaban J connectivity index is 1.85. The van der Waals surface area contributed by atoms with Gasteiger partial charge in [-0.05, 0) is 43.9 Å². The van der Waals surface area contributed by atoms with E-state index in [2.05, 4.69) is 15.0 Å². The van der Waals surface area contributed by atoms with Gasteiger partial charge in [0.05, 0.1) is 31.2 Å². The molecule has 1 aromatic carbocycles. The number of nitrogens with zero attached hydrogens (tertiary/aromatic N) is 2. The summed E-state index contributed by atoms with van der Waals surface area (Å²) in [6, 6.07) is 10.1. The van der Waals surface area contributed by atoms with Gasteiger partial charge in [-0.2, -0.15) is 11.8 Å². The minimum absolute atomic E-state index is 0.0529. The second-order valence-corrected chi connectivity index (χ2v) is 10.5. The van der Waals surface area contributed by atoms with Crippen molar-refractivity contribution in [2.24, 2.45) is 10.7 Å². The van der Waals surface area contributed by atoms with E-state index in [4.69, 9.17) is 10.2 Å². The van der Waals surface area contributed by atoms with Crippen molar-refractivity contribution in [3.05, 3.63) is 59.0 Å². The molecule has 33 heavy (non-hydrogen) atoms. The van der Waals surface area contributed by atoms with Crippen molar-refractivity contribution in [3.63, 3.8) is 0 Å². The first kappa shape index (κ1) is 26.7. The molecule has 0 bridgehead atoms. The number of aliphatic hydroxyl groups is 1. The highest BCUT2D eigenvalue weighted by Crippen LogP contribution is 2.16. The van der Waals surface area contributed by atoms with Gasteiger partial charge in [0.25, 0.3) is 0 Å². The molecule has 2 aromatic rings. The maximum atomic E-state index is 11.7. The van der Waals surface area contributed by atoms with E-state index in [0.717, 1.165) is 24.3 Å². The number of nitrogens with two attached hydrogens (primary N) is 1. The van der Waals surface area contributed by atoms with Crippen LogP contribution < -0.4 is 15.8 Å². The molecule has 1 unspecified atom stereocenters. The van der Waals surface area contributed by atoms with Crippen molar-refractivity contribution >= 4 is 33.7 Å². The molecule has 0 saturated heterocycles. The maximum absolute atomic E-state index is 11.7. The van der Waals surface area contributed by atoms with Crippen LogP contribution in [0.15, 0.2) is 45.8 Å². The van der Waals surface area contributed by atoms with Gasteiger partial charge in [-0.25, -0.2) is 13.4 Å². The molecule has 10 nitrogen and oxygen atoms in total. The van der Waals surface area contributed by atoms with Crippen molar-refractivity contribution in [2.45, 2.75) is 18.4 Å². The van der Waals surface area contributed by atoms with E-state index in [1.165, 1.54) is 12.1 Å². The highest BCUT2D eigenvalue weighted by molar-refractivity contribution is 7.98. The van der Waals surface area contributed by atoms with Crippen LogP contribution in [0, 0.1) is 0 Å². The number of benzene rings is 1. The summed E-state index contributed by atoms with van der Waals surface area (Å²) in [6.45, 7) is 1.12. The van der Waals surface area contributed by atoms with E-state index in [1.54, 1.807) is 23.9 Å². The molecule has 182 valence electrons. The monoisotopic (exact) mass is 497 g/mol. The standard InChI is InChI=1S/C21H31N5O5S2/c1-26(2)13-17-8-9-18(31-17)14-32-11-10-23-21(25-33(3,29)30)24-12-19(27)15-4-6-16(7-5-15)20(22)28/h4-9,19,27H,10-14H2,1-3H3,(H2,22,28)(H2,23,24,25). The average molecular weight is 498 g/mol. The molecule has 1 amide bonds. The van der Waals surface area contributed by atoms with E-state index in [-0.39, 0.29) is 12.5 Å². The Hall–Kier alpha value is -2.54. The molecule has 0 aliphatic rings. The summed E-state index contributed by atoms with van der Waals surface area (Å²) in [5.41, 5.74) is 6.07. The maximum Gasteiger partial charge on any atom is 0.248 e. The molecule has 0 spiro atoms. The van der Waals surface area contributed by atoms with Crippen LogP contribution >= 0.6 is 11.8 Å². The quantitative estimate of drug-likeness (QED) is 0.192. The summed E-state index contributed by atoms with van der Waals surface area (Å²) in [5, 5.41) is 13.3. The molecular formula is C21H31N5O5S2. The van der Waals surface area contributed by atoms with E-state index >= 15 is 0 Å². The van der Waals surface area contributed by atoms with Crippen LogP contribution in [0.5, 0.6) is 0 Å². The summed E-state index contributed by atoms with van der Waals surface area (Å²) in [4.78, 5) is 17.4. The number of hydrogen-bond donors (Lipinski definition) is 4. The highest BCUT2D eigenvalue weighted by atomic mass is 32.2. The van der Waals surface area contributed by atoms with E-state index < -0.39 is 22.0 Å². The third-order valence-electron chi connectivity index (χ3n) is 4.26. The van der Waals surface area contributed by atoms with Gasteiger partial charge >= 0.3 is 0 Å². The summed E-state index contributed by atoms with van der Waals surface area (Å²) in [7, 11) is 0.408. The van der Waals surface area contributed by atoms with Crippen LogP contribution in [0.1, 0.15) is 33.5 Å². The lowest BCUT2D eigenvalue weighted by atomic mass is 10.1. The van der Waals surface area contributed by atoms with Crippen molar-refractivity contribution in [3.8, 4) is 0 Å². The Morgan fingerprint density at radius 3 is 2.48 bits per heavy atom. The summed E-state index contributed by atoms with van der Waals surface area (Å²) in [5.74, 6) is 2.66. The lowest BCUT2D eigenvalue weighted by molar-refractivity contribution is 0.1000. The predicted molar refractivity (Wildman–Crippen MR) is 130 cm³/mol. The number of nitrogens with one attached hydrogen (secondary N) is 2. The molecule has 2 rings (SSSR count). The van der Waals surface area contributed by atoms with Crippen LogP contribution in [0.3, 0.4) is 0 Å². The van der Waals surface area contributed by atoms with Crippen molar-refractivity contribution in [1.29, 1.82) is 0 Å². The molecule has 0 saturated carbocycles. The van der Waals surface area contributed by atoms with Crippen LogP contribution in [-0.2, 0) is 22.3 Å². The number of furan rings is 1. The highest BCUT2D eigenvalue weighted by Gasteiger charge is 2.11. The predicted octanol–water partition coefficient (Wildman–Crippen LogP) is 0.902. The van der Waals surface area contributed by atoms with Gasteiger partial charge in [0.15, 0.2) is 0 Å². The lowest BCUT2D eigenvalue weighted by Gasteiger charge is -2.13. The van der Waals surface area contributed by atoms with Gasteiger partial charge in [-0.15, -0.1) is 0 Å². The van der Waals surface area contributed by atoms with Gasteiger partial charge in [-0.1, -0.05) is 12.1 Å². The zero-order valence-electron chi connectivity index (χ0n) is 18.9. The molecule has 5 N–H and O–H groups in total. The lowest BCUT2D eigenvalue weighted by Crippen LogP contribution is -2.41. The summed E-state index contributed by atoms with van der Waals surface area (Å²) < 4.78 is 31.4. The number of aliphatic imine (C=N–C) groups is 1. The number of carbonyl (C=O) groups is 1. The number of rotatable bonds is 12. The molecular weight excluding hydrogens is 466 g/mol. The van der Waals surface area contributed by atoms with E-state index in [1.807, 2.05) is 31.1 Å². The Kier molecular flexibility index (Phi) is 10.2. The van der Waals surface area contributed by atoms with Crippen LogP contribution in [0.2, 0.25) is 0 Å². The number of guanidine groups is 1. The first-order valence-electron chi connectivity index (χ1n) is 10.2. The third-order valence-corrected chi connectivity index (χ3v) is 5.80. The number of primary amides is 1. The van der Waals surface area contributed by atoms with Crippen molar-refractivity contribution in [1.82, 2.24) is 14.9 Å². The molecule has 1 atom stereocenters. The fraction of sp³-hybridized carbons (Fsp3) is 0.429. The second kappa shape index (κ2) is 12.6. The fourth-order valence-electron chi connectivity index (χ4n) is 2.76. The Morgan fingerprint density at radius 2 is 1.88 bits per heavy atom. The Labute approximate surface area is 198 Å². The van der Waals surface area contributed by atoms with Crippen LogP contribution in [0.4, 0.5) is 0 Å². The first-order chi connectivity index (χ1) is 15.5. The smallest absolute Gasteiger partial charge is 0.248 e. The number of carbonyl (C=O) groups excluding carboxylic acids is 1. The van der Waals surface area contributed by atoms with Crippen molar-refractivity contribution in [2.75, 3.05) is 39.2 Å². The molecule has 0 aliphatic carbocycles. The van der Waals surface area contributed by atoms with Crippen LogP contribution in [0.25, 0.3) is 0 Å².